The van der Waals surface area contributed by atoms with Crippen LogP contribution in [0.25, 0.3) is 0 Å². The molecule has 0 rings (SSSR count). The molecule has 0 bridgehead atoms. The van der Waals surface area contributed by atoms with Crippen molar-refractivity contribution in [2.75, 3.05) is 6.54 Å². The molecular formula is C15H27N7O7. The van der Waals surface area contributed by atoms with Crippen molar-refractivity contribution >= 4 is 35.6 Å². The average molecular weight is 417 g/mol. The SMILES string of the molecule is NC(=O)CCC(NC(=O)C(N)CCCN=C(N)N)C(=O)NC(CC(=O)O)C(=O)O. The van der Waals surface area contributed by atoms with Gasteiger partial charge >= 0.3 is 11.9 Å². The molecule has 0 aliphatic rings. The first-order valence-corrected chi connectivity index (χ1v) is 8.58. The van der Waals surface area contributed by atoms with Gasteiger partial charge < -0.3 is 43.8 Å². The normalized spacial score (nSPS) is 13.4. The second-order valence-electron chi connectivity index (χ2n) is 6.12. The number of nitrogens with one attached hydrogen (secondary N) is 2. The Kier molecular flexibility index (Phi) is 11.4. The van der Waals surface area contributed by atoms with Crippen molar-refractivity contribution in [1.29, 1.82) is 0 Å². The Morgan fingerprint density at radius 1 is 0.897 bits per heavy atom. The number of rotatable bonds is 14. The van der Waals surface area contributed by atoms with Crippen LogP contribution in [0.1, 0.15) is 32.1 Å². The molecule has 0 spiro atoms. The lowest BCUT2D eigenvalue weighted by molar-refractivity contribution is -0.147. The van der Waals surface area contributed by atoms with E-state index < -0.39 is 54.2 Å². The summed E-state index contributed by atoms with van der Waals surface area (Å²) in [4.78, 5) is 61.1. The number of hydrogen-bond donors (Lipinski definition) is 8. The number of guanidine groups is 1. The molecule has 0 saturated carbocycles. The number of hydrogen-bond acceptors (Lipinski definition) is 7. The monoisotopic (exact) mass is 417 g/mol. The third-order valence-electron chi connectivity index (χ3n) is 3.61. The highest BCUT2D eigenvalue weighted by Crippen LogP contribution is 2.03. The molecule has 0 aliphatic carbocycles. The fourth-order valence-corrected chi connectivity index (χ4v) is 2.13. The zero-order valence-corrected chi connectivity index (χ0v) is 15.7. The molecule has 0 saturated heterocycles. The smallest absolute Gasteiger partial charge is 0.326 e. The van der Waals surface area contributed by atoms with Crippen LogP contribution in [-0.4, -0.2) is 70.5 Å². The van der Waals surface area contributed by atoms with Gasteiger partial charge in [-0.15, -0.1) is 0 Å². The number of carboxylic acids is 2. The van der Waals surface area contributed by atoms with Gasteiger partial charge in [0.2, 0.25) is 17.7 Å². The molecule has 0 radical (unpaired) electrons. The van der Waals surface area contributed by atoms with Crippen LogP contribution in [0.2, 0.25) is 0 Å². The Hall–Kier alpha value is -3.42. The maximum absolute atomic E-state index is 12.3. The van der Waals surface area contributed by atoms with Crippen LogP contribution in [0.3, 0.4) is 0 Å². The predicted octanol–water partition coefficient (Wildman–Crippen LogP) is -3.84. The number of nitrogens with two attached hydrogens (primary N) is 4. The van der Waals surface area contributed by atoms with Gasteiger partial charge in [0.1, 0.15) is 12.1 Å². The van der Waals surface area contributed by atoms with Crippen molar-refractivity contribution < 1.29 is 34.2 Å². The number of nitrogens with zero attached hydrogens (tertiary/aromatic N) is 1. The number of carboxylic acid groups (broad SMARTS) is 2. The van der Waals surface area contributed by atoms with E-state index in [1.807, 2.05) is 5.32 Å². The Balaban J connectivity index is 5.01. The summed E-state index contributed by atoms with van der Waals surface area (Å²) in [5, 5.41) is 22.1. The molecule has 12 N–H and O–H groups in total. The van der Waals surface area contributed by atoms with Crippen LogP contribution in [0.15, 0.2) is 4.99 Å². The number of carbonyl (C=O) groups excluding carboxylic acids is 3. The standard InChI is InChI=1S/C15H27N7O7/c16-7(2-1-5-20-15(18)19)12(26)21-8(3-4-10(17)23)13(27)22-9(14(28)29)6-11(24)25/h7-9H,1-6,16H2,(H2,17,23)(H,21,26)(H,22,27)(H,24,25)(H,28,29)(H4,18,19,20). The summed E-state index contributed by atoms with van der Waals surface area (Å²) in [6.07, 6.45) is -0.822. The highest BCUT2D eigenvalue weighted by atomic mass is 16.4. The zero-order valence-electron chi connectivity index (χ0n) is 15.7. The highest BCUT2D eigenvalue weighted by molar-refractivity contribution is 5.93. The van der Waals surface area contributed by atoms with Crippen LogP contribution in [0.5, 0.6) is 0 Å². The first-order valence-electron chi connectivity index (χ1n) is 8.58. The quantitative estimate of drug-likeness (QED) is 0.0774. The first kappa shape index (κ1) is 25.6. The van der Waals surface area contributed by atoms with Gasteiger partial charge in [0.25, 0.3) is 0 Å². The summed E-state index contributed by atoms with van der Waals surface area (Å²) in [6, 6.07) is -4.09. The van der Waals surface area contributed by atoms with Crippen molar-refractivity contribution in [2.45, 2.75) is 50.2 Å². The summed E-state index contributed by atoms with van der Waals surface area (Å²) in [5.41, 5.74) is 21.1. The van der Waals surface area contributed by atoms with Crippen molar-refractivity contribution in [3.05, 3.63) is 0 Å². The summed E-state index contributed by atoms with van der Waals surface area (Å²) in [7, 11) is 0. The van der Waals surface area contributed by atoms with Gasteiger partial charge in [-0.1, -0.05) is 0 Å². The van der Waals surface area contributed by atoms with Crippen LogP contribution in [0.4, 0.5) is 0 Å². The summed E-state index contributed by atoms with van der Waals surface area (Å²) < 4.78 is 0. The minimum Gasteiger partial charge on any atom is -0.481 e. The minimum atomic E-state index is -1.72. The molecule has 0 aliphatic heterocycles. The number of aliphatic carboxylic acids is 2. The van der Waals surface area contributed by atoms with Gasteiger partial charge in [-0.2, -0.15) is 0 Å². The Morgan fingerprint density at radius 3 is 1.97 bits per heavy atom. The summed E-state index contributed by atoms with van der Waals surface area (Å²) in [5.74, 6) is -5.60. The average Bonchev–Trinajstić information content (AvgIpc) is 2.60. The summed E-state index contributed by atoms with van der Waals surface area (Å²) in [6.45, 7) is 0.240. The molecule has 0 fully saturated rings. The molecule has 0 aromatic carbocycles. The Bertz CT molecular complexity index is 649. The molecule has 3 unspecified atom stereocenters. The van der Waals surface area contributed by atoms with E-state index in [1.54, 1.807) is 0 Å². The van der Waals surface area contributed by atoms with Crippen LogP contribution >= 0.6 is 0 Å². The molecule has 14 nitrogen and oxygen atoms in total. The number of carbonyl (C=O) groups is 5. The molecule has 3 atom stereocenters. The largest absolute Gasteiger partial charge is 0.481 e. The van der Waals surface area contributed by atoms with E-state index in [1.165, 1.54) is 0 Å². The third-order valence-corrected chi connectivity index (χ3v) is 3.61. The lowest BCUT2D eigenvalue weighted by Gasteiger charge is -2.22. The molecular weight excluding hydrogens is 390 g/mol. The lowest BCUT2D eigenvalue weighted by atomic mass is 10.1. The maximum Gasteiger partial charge on any atom is 0.326 e. The number of aliphatic imine (C=N–C) groups is 1. The van der Waals surface area contributed by atoms with E-state index in [2.05, 4.69) is 10.3 Å². The van der Waals surface area contributed by atoms with Gasteiger partial charge in [-0.25, -0.2) is 4.79 Å². The van der Waals surface area contributed by atoms with Gasteiger partial charge in [-0.05, 0) is 19.3 Å². The second kappa shape index (κ2) is 12.9. The van der Waals surface area contributed by atoms with Gasteiger partial charge in [0, 0.05) is 13.0 Å². The molecule has 29 heavy (non-hydrogen) atoms. The molecule has 0 heterocycles. The van der Waals surface area contributed by atoms with E-state index >= 15 is 0 Å². The highest BCUT2D eigenvalue weighted by Gasteiger charge is 2.29. The van der Waals surface area contributed by atoms with Crippen LogP contribution < -0.4 is 33.6 Å². The minimum absolute atomic E-state index is 0.111. The molecule has 0 aromatic heterocycles. The molecule has 14 heteroatoms. The second-order valence-corrected chi connectivity index (χ2v) is 6.12. The molecule has 0 aromatic rings. The zero-order chi connectivity index (χ0) is 22.6. The van der Waals surface area contributed by atoms with E-state index in [9.17, 15) is 24.0 Å². The summed E-state index contributed by atoms with van der Waals surface area (Å²) >= 11 is 0. The van der Waals surface area contributed by atoms with Gasteiger partial charge in [0.05, 0.1) is 12.5 Å². The molecule has 164 valence electrons. The van der Waals surface area contributed by atoms with Crippen molar-refractivity contribution in [1.82, 2.24) is 10.6 Å². The van der Waals surface area contributed by atoms with Crippen LogP contribution in [-0.2, 0) is 24.0 Å². The molecule has 3 amide bonds. The Morgan fingerprint density at radius 2 is 1.48 bits per heavy atom. The number of amides is 3. The fourth-order valence-electron chi connectivity index (χ4n) is 2.13. The fraction of sp³-hybridized carbons (Fsp3) is 0.600. The van der Waals surface area contributed by atoms with Crippen LogP contribution in [0, 0.1) is 0 Å². The van der Waals surface area contributed by atoms with Gasteiger partial charge in [-0.3, -0.25) is 24.2 Å². The van der Waals surface area contributed by atoms with E-state index in [0.29, 0.717) is 6.42 Å². The topological polar surface area (TPSA) is 266 Å². The third kappa shape index (κ3) is 11.8. The maximum atomic E-state index is 12.3. The first-order chi connectivity index (χ1) is 13.4. The van der Waals surface area contributed by atoms with Gasteiger partial charge in [0.15, 0.2) is 5.96 Å². The van der Waals surface area contributed by atoms with E-state index in [-0.39, 0.29) is 31.8 Å². The van der Waals surface area contributed by atoms with E-state index in [0.717, 1.165) is 0 Å². The van der Waals surface area contributed by atoms with Crippen molar-refractivity contribution in [3.8, 4) is 0 Å². The van der Waals surface area contributed by atoms with Crippen molar-refractivity contribution in [2.24, 2.45) is 27.9 Å². The number of primary amides is 1. The van der Waals surface area contributed by atoms with E-state index in [4.69, 9.17) is 33.1 Å². The van der Waals surface area contributed by atoms with Crippen molar-refractivity contribution in [3.63, 3.8) is 0 Å². The lowest BCUT2D eigenvalue weighted by Crippen LogP contribution is -2.54. The predicted molar refractivity (Wildman–Crippen MR) is 100 cm³/mol. The Labute approximate surface area is 166 Å².